The number of nitrogen functional groups attached to an aromatic ring is 1. The highest BCUT2D eigenvalue weighted by Crippen LogP contribution is 2.31. The van der Waals surface area contributed by atoms with Gasteiger partial charge in [-0.05, 0) is 78.6 Å². The fourth-order valence-electron chi connectivity index (χ4n) is 4.70. The first kappa shape index (κ1) is 21.9. The van der Waals surface area contributed by atoms with E-state index in [2.05, 4.69) is 83.4 Å². The maximum atomic E-state index is 6.25. The molecule has 0 fully saturated rings. The van der Waals surface area contributed by atoms with Crippen molar-refractivity contribution in [3.05, 3.63) is 108 Å². The number of nitrogens with two attached hydrogens (primary N) is 1. The summed E-state index contributed by atoms with van der Waals surface area (Å²) in [7, 11) is 0. The third-order valence-electron chi connectivity index (χ3n) is 6.60. The van der Waals surface area contributed by atoms with Crippen LogP contribution in [0.15, 0.2) is 85.5 Å². The summed E-state index contributed by atoms with van der Waals surface area (Å²) in [5.41, 5.74) is 17.6. The summed E-state index contributed by atoms with van der Waals surface area (Å²) in [6, 6.07) is 19.7. The Kier molecular flexibility index (Phi) is 6.13. The molecule has 3 N–H and O–H groups in total. The standard InChI is InChI=1S/C30H30N4/c1-20-13-25-16-27(19-33-30(25)31)26-15-23(17-32-18-26)8-4-3-7-22-9-5-10-24(14-22)28-11-6-12-29(34-20)21(28)2/h5-6,9-12,14-19,34H,1,3-4,7-8,13H2,2H3,(H2,31,33). The van der Waals surface area contributed by atoms with E-state index in [0.717, 1.165) is 53.8 Å². The second-order valence-corrected chi connectivity index (χ2v) is 9.14. The molecule has 1 aliphatic rings. The minimum atomic E-state index is 0.531. The monoisotopic (exact) mass is 446 g/mol. The molecule has 170 valence electrons. The van der Waals surface area contributed by atoms with E-state index < -0.39 is 0 Å². The number of aryl methyl sites for hydroxylation is 2. The molecule has 1 aliphatic heterocycles. The third kappa shape index (κ3) is 4.72. The fraction of sp³-hybridized carbons (Fsp3) is 0.200. The van der Waals surface area contributed by atoms with Crippen molar-refractivity contribution in [1.29, 1.82) is 0 Å². The number of rotatable bonds is 0. The Labute approximate surface area is 201 Å². The molecular formula is C30H30N4. The van der Waals surface area contributed by atoms with Crippen molar-refractivity contribution in [2.45, 2.75) is 39.0 Å². The third-order valence-corrected chi connectivity index (χ3v) is 6.60. The Balaban J connectivity index is 1.55. The van der Waals surface area contributed by atoms with Gasteiger partial charge in [0.05, 0.1) is 0 Å². The SMILES string of the molecule is C=C1Cc2cc(cnc2N)-c2cncc(c2)CCCCc2cccc(c2)-c2cccc(c2C)N1. The Morgan fingerprint density at radius 3 is 2.50 bits per heavy atom. The molecule has 0 amide bonds. The minimum Gasteiger partial charge on any atom is -0.383 e. The van der Waals surface area contributed by atoms with Crippen molar-refractivity contribution in [3.8, 4) is 22.3 Å². The number of benzene rings is 2. The smallest absolute Gasteiger partial charge is 0.126 e. The van der Waals surface area contributed by atoms with Crippen LogP contribution in [0.2, 0.25) is 0 Å². The fourth-order valence-corrected chi connectivity index (χ4v) is 4.70. The van der Waals surface area contributed by atoms with E-state index in [-0.39, 0.29) is 0 Å². The minimum absolute atomic E-state index is 0.531. The molecule has 4 nitrogen and oxygen atoms in total. The second-order valence-electron chi connectivity index (χ2n) is 9.14. The molecule has 0 radical (unpaired) electrons. The zero-order valence-electron chi connectivity index (χ0n) is 19.6. The molecule has 0 spiro atoms. The molecule has 4 heteroatoms. The zero-order valence-corrected chi connectivity index (χ0v) is 19.6. The molecule has 34 heavy (non-hydrogen) atoms. The molecule has 0 saturated heterocycles. The number of pyridine rings is 2. The molecular weight excluding hydrogens is 416 g/mol. The van der Waals surface area contributed by atoms with Crippen LogP contribution in [0.5, 0.6) is 0 Å². The van der Waals surface area contributed by atoms with Crippen LogP contribution in [0.4, 0.5) is 11.5 Å². The second kappa shape index (κ2) is 9.52. The van der Waals surface area contributed by atoms with Gasteiger partial charge >= 0.3 is 0 Å². The Morgan fingerprint density at radius 2 is 1.62 bits per heavy atom. The summed E-state index contributed by atoms with van der Waals surface area (Å²) in [6.07, 6.45) is 10.6. The van der Waals surface area contributed by atoms with Crippen molar-refractivity contribution < 1.29 is 0 Å². The Morgan fingerprint density at radius 1 is 0.853 bits per heavy atom. The normalized spacial score (nSPS) is 13.9. The lowest BCUT2D eigenvalue weighted by Crippen LogP contribution is -2.06. The van der Waals surface area contributed by atoms with Gasteiger partial charge in [-0.2, -0.15) is 0 Å². The van der Waals surface area contributed by atoms with Gasteiger partial charge in [0.2, 0.25) is 0 Å². The van der Waals surface area contributed by atoms with E-state index in [1.807, 2.05) is 18.6 Å². The highest BCUT2D eigenvalue weighted by molar-refractivity contribution is 5.75. The molecule has 4 aromatic rings. The molecule has 3 heterocycles. The van der Waals surface area contributed by atoms with E-state index in [0.29, 0.717) is 12.2 Å². The van der Waals surface area contributed by atoms with Gasteiger partial charge in [-0.15, -0.1) is 0 Å². The Bertz CT molecular complexity index is 1350. The van der Waals surface area contributed by atoms with Gasteiger partial charge in [0, 0.05) is 53.1 Å². The van der Waals surface area contributed by atoms with Crippen LogP contribution in [0, 0.1) is 6.92 Å². The van der Waals surface area contributed by atoms with Gasteiger partial charge < -0.3 is 11.1 Å². The average Bonchev–Trinajstić information content (AvgIpc) is 2.84. The molecule has 0 saturated carbocycles. The summed E-state index contributed by atoms with van der Waals surface area (Å²) in [4.78, 5) is 8.97. The maximum absolute atomic E-state index is 6.25. The van der Waals surface area contributed by atoms with Crippen LogP contribution >= 0.6 is 0 Å². The lowest BCUT2D eigenvalue weighted by Gasteiger charge is -2.16. The predicted molar refractivity (Wildman–Crippen MR) is 142 cm³/mol. The lowest BCUT2D eigenvalue weighted by atomic mass is 9.96. The zero-order chi connectivity index (χ0) is 23.5. The number of allylic oxidation sites excluding steroid dienone is 1. The summed E-state index contributed by atoms with van der Waals surface area (Å²) in [5, 5.41) is 3.52. The van der Waals surface area contributed by atoms with Gasteiger partial charge in [-0.1, -0.05) is 43.0 Å². The Hall–Kier alpha value is -3.92. The van der Waals surface area contributed by atoms with Crippen molar-refractivity contribution in [2.75, 3.05) is 11.1 Å². The average molecular weight is 447 g/mol. The molecule has 2 aromatic carbocycles. The molecule has 5 rings (SSSR count). The van der Waals surface area contributed by atoms with Gasteiger partial charge in [0.15, 0.2) is 0 Å². The van der Waals surface area contributed by atoms with Crippen LogP contribution < -0.4 is 11.1 Å². The maximum Gasteiger partial charge on any atom is 0.126 e. The highest BCUT2D eigenvalue weighted by Gasteiger charge is 2.11. The number of nitrogens with zero attached hydrogens (tertiary/aromatic N) is 2. The van der Waals surface area contributed by atoms with E-state index in [1.165, 1.54) is 27.8 Å². The van der Waals surface area contributed by atoms with E-state index >= 15 is 0 Å². The van der Waals surface area contributed by atoms with Crippen molar-refractivity contribution in [3.63, 3.8) is 0 Å². The number of hydrogen-bond acceptors (Lipinski definition) is 4. The van der Waals surface area contributed by atoms with Crippen LogP contribution in [0.3, 0.4) is 0 Å². The summed E-state index contributed by atoms with van der Waals surface area (Å²) >= 11 is 0. The van der Waals surface area contributed by atoms with Gasteiger partial charge in [-0.3, -0.25) is 4.98 Å². The van der Waals surface area contributed by atoms with Gasteiger partial charge in [0.25, 0.3) is 0 Å². The van der Waals surface area contributed by atoms with Crippen LogP contribution in [0.25, 0.3) is 22.3 Å². The lowest BCUT2D eigenvalue weighted by molar-refractivity contribution is 0.733. The molecule has 8 bridgehead atoms. The summed E-state index contributed by atoms with van der Waals surface area (Å²) in [5.74, 6) is 0.531. The number of hydrogen-bond donors (Lipinski definition) is 2. The molecule has 0 unspecified atom stereocenters. The summed E-state index contributed by atoms with van der Waals surface area (Å²) in [6.45, 7) is 6.45. The topological polar surface area (TPSA) is 63.8 Å². The predicted octanol–water partition coefficient (Wildman–Crippen LogP) is 6.75. The quantitative estimate of drug-likeness (QED) is 0.314. The van der Waals surface area contributed by atoms with Crippen molar-refractivity contribution in [2.24, 2.45) is 0 Å². The largest absolute Gasteiger partial charge is 0.383 e. The highest BCUT2D eigenvalue weighted by atomic mass is 14.9. The molecule has 0 atom stereocenters. The van der Waals surface area contributed by atoms with Crippen molar-refractivity contribution in [1.82, 2.24) is 9.97 Å². The molecule has 2 aromatic heterocycles. The first-order valence-electron chi connectivity index (χ1n) is 11.9. The van der Waals surface area contributed by atoms with Gasteiger partial charge in [-0.25, -0.2) is 4.98 Å². The van der Waals surface area contributed by atoms with E-state index in [4.69, 9.17) is 5.73 Å². The number of nitrogens with one attached hydrogen (secondary N) is 1. The number of fused-ring (bicyclic) bond motifs is 10. The number of anilines is 2. The van der Waals surface area contributed by atoms with E-state index in [1.54, 1.807) is 0 Å². The first-order valence-corrected chi connectivity index (χ1v) is 11.9. The van der Waals surface area contributed by atoms with Gasteiger partial charge in [0.1, 0.15) is 5.82 Å². The van der Waals surface area contributed by atoms with E-state index in [9.17, 15) is 0 Å². The number of aromatic nitrogens is 2. The van der Waals surface area contributed by atoms with Crippen LogP contribution in [-0.4, -0.2) is 9.97 Å². The van der Waals surface area contributed by atoms with Crippen molar-refractivity contribution >= 4 is 11.5 Å². The molecule has 0 aliphatic carbocycles. The first-order chi connectivity index (χ1) is 16.6. The van der Waals surface area contributed by atoms with Crippen LogP contribution in [0.1, 0.15) is 35.1 Å². The summed E-state index contributed by atoms with van der Waals surface area (Å²) < 4.78 is 0. The van der Waals surface area contributed by atoms with Crippen LogP contribution in [-0.2, 0) is 19.3 Å².